The Morgan fingerprint density at radius 1 is 1.33 bits per heavy atom. The van der Waals surface area contributed by atoms with E-state index in [9.17, 15) is 4.39 Å². The van der Waals surface area contributed by atoms with E-state index in [0.717, 1.165) is 24.0 Å². The fourth-order valence-electron chi connectivity index (χ4n) is 2.71. The predicted molar refractivity (Wildman–Crippen MR) is 79.4 cm³/mol. The van der Waals surface area contributed by atoms with Crippen molar-refractivity contribution in [1.29, 1.82) is 0 Å². The molecular formula is C15H18FN5. The zero-order valence-corrected chi connectivity index (χ0v) is 12.2. The van der Waals surface area contributed by atoms with Crippen molar-refractivity contribution in [2.75, 3.05) is 11.1 Å². The average molecular weight is 287 g/mol. The van der Waals surface area contributed by atoms with Crippen LogP contribution in [-0.2, 0) is 12.8 Å². The van der Waals surface area contributed by atoms with Gasteiger partial charge < -0.3 is 11.1 Å². The number of aromatic nitrogens is 3. The van der Waals surface area contributed by atoms with Crippen molar-refractivity contribution in [2.45, 2.75) is 39.2 Å². The van der Waals surface area contributed by atoms with Crippen LogP contribution in [0.1, 0.15) is 41.9 Å². The van der Waals surface area contributed by atoms with Gasteiger partial charge in [0.05, 0.1) is 6.04 Å². The highest BCUT2D eigenvalue weighted by Gasteiger charge is 2.24. The molecule has 0 radical (unpaired) electrons. The molecule has 2 aromatic rings. The van der Waals surface area contributed by atoms with Gasteiger partial charge in [0.2, 0.25) is 11.9 Å². The Morgan fingerprint density at radius 2 is 2.14 bits per heavy atom. The average Bonchev–Trinajstić information content (AvgIpc) is 2.81. The van der Waals surface area contributed by atoms with E-state index in [0.29, 0.717) is 23.8 Å². The normalized spacial score (nSPS) is 16.8. The molecule has 21 heavy (non-hydrogen) atoms. The summed E-state index contributed by atoms with van der Waals surface area (Å²) in [5, 5.41) is 3.29. The summed E-state index contributed by atoms with van der Waals surface area (Å²) in [5.74, 6) is 1.22. The molecule has 6 heteroatoms. The lowest BCUT2D eigenvalue weighted by atomic mass is 10.0. The summed E-state index contributed by atoms with van der Waals surface area (Å²) in [6.07, 6.45) is 2.45. The van der Waals surface area contributed by atoms with Crippen LogP contribution in [0.15, 0.2) is 12.1 Å². The number of halogens is 1. The van der Waals surface area contributed by atoms with Crippen molar-refractivity contribution in [3.63, 3.8) is 0 Å². The molecule has 1 heterocycles. The highest BCUT2D eigenvalue weighted by Crippen LogP contribution is 2.34. The highest BCUT2D eigenvalue weighted by atomic mass is 19.1. The molecular weight excluding hydrogens is 269 g/mol. The Bertz CT molecular complexity index is 686. The Morgan fingerprint density at radius 3 is 2.90 bits per heavy atom. The zero-order chi connectivity index (χ0) is 15.0. The van der Waals surface area contributed by atoms with E-state index in [4.69, 9.17) is 5.73 Å². The van der Waals surface area contributed by atoms with Crippen molar-refractivity contribution in [3.8, 4) is 0 Å². The number of anilines is 2. The largest absolute Gasteiger partial charge is 0.368 e. The van der Waals surface area contributed by atoms with Gasteiger partial charge in [0.1, 0.15) is 11.6 Å². The maximum absolute atomic E-state index is 13.6. The molecule has 1 atom stereocenters. The van der Waals surface area contributed by atoms with Gasteiger partial charge in [-0.2, -0.15) is 15.0 Å². The molecule has 1 aromatic carbocycles. The van der Waals surface area contributed by atoms with Gasteiger partial charge in [0.15, 0.2) is 0 Å². The number of benzene rings is 1. The standard InChI is InChI=1S/C15H18FN5/c1-3-13-19-14(17)21-15(20-13)18-12-5-4-9-7-11(16)8(2)6-10(9)12/h6-7,12H,3-5H2,1-2H3,(H3,17,18,19,20,21)/t12-/m1/s1. The van der Waals surface area contributed by atoms with E-state index in [1.54, 1.807) is 13.0 Å². The van der Waals surface area contributed by atoms with Gasteiger partial charge in [-0.1, -0.05) is 13.0 Å². The third kappa shape index (κ3) is 2.66. The molecule has 0 bridgehead atoms. The number of nitrogens with zero attached hydrogens (tertiary/aromatic N) is 3. The summed E-state index contributed by atoms with van der Waals surface area (Å²) in [6, 6.07) is 3.62. The monoisotopic (exact) mass is 287 g/mol. The summed E-state index contributed by atoms with van der Waals surface area (Å²) >= 11 is 0. The lowest BCUT2D eigenvalue weighted by molar-refractivity contribution is 0.616. The summed E-state index contributed by atoms with van der Waals surface area (Å²) in [7, 11) is 0. The minimum atomic E-state index is -0.146. The number of hydrogen-bond donors (Lipinski definition) is 2. The van der Waals surface area contributed by atoms with E-state index in [1.807, 2.05) is 13.0 Å². The summed E-state index contributed by atoms with van der Waals surface area (Å²) < 4.78 is 13.6. The molecule has 0 fully saturated rings. The lowest BCUT2D eigenvalue weighted by Gasteiger charge is -2.15. The molecule has 0 aliphatic heterocycles. The molecule has 1 aromatic heterocycles. The smallest absolute Gasteiger partial charge is 0.228 e. The third-order valence-electron chi connectivity index (χ3n) is 3.82. The second kappa shape index (κ2) is 5.27. The van der Waals surface area contributed by atoms with Gasteiger partial charge >= 0.3 is 0 Å². The molecule has 0 saturated carbocycles. The second-order valence-corrected chi connectivity index (χ2v) is 5.32. The molecule has 110 valence electrons. The van der Waals surface area contributed by atoms with E-state index in [-0.39, 0.29) is 17.8 Å². The number of rotatable bonds is 3. The minimum Gasteiger partial charge on any atom is -0.368 e. The van der Waals surface area contributed by atoms with Gasteiger partial charge in [-0.05, 0) is 42.5 Å². The molecule has 0 spiro atoms. The van der Waals surface area contributed by atoms with Crippen molar-refractivity contribution in [2.24, 2.45) is 0 Å². The van der Waals surface area contributed by atoms with Crippen molar-refractivity contribution < 1.29 is 4.39 Å². The van der Waals surface area contributed by atoms with Crippen LogP contribution in [0.2, 0.25) is 0 Å². The Kier molecular flexibility index (Phi) is 3.45. The molecule has 1 aliphatic rings. The van der Waals surface area contributed by atoms with Crippen LogP contribution in [0, 0.1) is 12.7 Å². The molecule has 0 unspecified atom stereocenters. The molecule has 0 saturated heterocycles. The second-order valence-electron chi connectivity index (χ2n) is 5.32. The fourth-order valence-corrected chi connectivity index (χ4v) is 2.71. The van der Waals surface area contributed by atoms with Crippen LogP contribution in [-0.4, -0.2) is 15.0 Å². The molecule has 3 N–H and O–H groups in total. The van der Waals surface area contributed by atoms with Crippen LogP contribution in [0.25, 0.3) is 0 Å². The van der Waals surface area contributed by atoms with Crippen molar-refractivity contribution in [3.05, 3.63) is 40.5 Å². The first-order valence-electron chi connectivity index (χ1n) is 7.12. The maximum atomic E-state index is 13.6. The fraction of sp³-hybridized carbons (Fsp3) is 0.400. The topological polar surface area (TPSA) is 76.7 Å². The Hall–Kier alpha value is -2.24. The third-order valence-corrected chi connectivity index (χ3v) is 3.82. The van der Waals surface area contributed by atoms with Gasteiger partial charge in [-0.3, -0.25) is 0 Å². The number of nitrogens with one attached hydrogen (secondary N) is 1. The zero-order valence-electron chi connectivity index (χ0n) is 12.2. The van der Waals surface area contributed by atoms with Crippen LogP contribution in [0.4, 0.5) is 16.3 Å². The van der Waals surface area contributed by atoms with Gasteiger partial charge in [0, 0.05) is 6.42 Å². The summed E-state index contributed by atoms with van der Waals surface area (Å²) in [5.41, 5.74) is 8.52. The molecule has 3 rings (SSSR count). The predicted octanol–water partition coefficient (Wildman–Crippen LogP) is 2.56. The minimum absolute atomic E-state index is 0.0887. The van der Waals surface area contributed by atoms with Gasteiger partial charge in [-0.25, -0.2) is 4.39 Å². The first-order chi connectivity index (χ1) is 10.1. The van der Waals surface area contributed by atoms with E-state index >= 15 is 0 Å². The van der Waals surface area contributed by atoms with Gasteiger partial charge in [-0.15, -0.1) is 0 Å². The maximum Gasteiger partial charge on any atom is 0.228 e. The van der Waals surface area contributed by atoms with Crippen molar-refractivity contribution in [1.82, 2.24) is 15.0 Å². The first kappa shape index (κ1) is 13.7. The highest BCUT2D eigenvalue weighted by molar-refractivity contribution is 5.44. The number of aryl methyl sites for hydroxylation is 3. The van der Waals surface area contributed by atoms with Crippen LogP contribution in [0.3, 0.4) is 0 Å². The molecule has 5 nitrogen and oxygen atoms in total. The first-order valence-corrected chi connectivity index (χ1v) is 7.12. The van der Waals surface area contributed by atoms with Crippen LogP contribution >= 0.6 is 0 Å². The number of hydrogen-bond acceptors (Lipinski definition) is 5. The van der Waals surface area contributed by atoms with E-state index in [1.165, 1.54) is 0 Å². The number of fused-ring (bicyclic) bond motifs is 1. The lowest BCUT2D eigenvalue weighted by Crippen LogP contribution is -2.13. The number of nitrogens with two attached hydrogens (primary N) is 1. The molecule has 1 aliphatic carbocycles. The van der Waals surface area contributed by atoms with E-state index in [2.05, 4.69) is 20.3 Å². The summed E-state index contributed by atoms with van der Waals surface area (Å²) in [6.45, 7) is 3.75. The Labute approximate surface area is 122 Å². The Balaban J connectivity index is 1.88. The van der Waals surface area contributed by atoms with Gasteiger partial charge in [0.25, 0.3) is 0 Å². The van der Waals surface area contributed by atoms with Crippen LogP contribution < -0.4 is 11.1 Å². The quantitative estimate of drug-likeness (QED) is 0.907. The SMILES string of the molecule is CCc1nc(N)nc(N[C@@H]2CCc3cc(F)c(C)cc32)n1. The summed E-state index contributed by atoms with van der Waals surface area (Å²) in [4.78, 5) is 12.5. The van der Waals surface area contributed by atoms with Crippen LogP contribution in [0.5, 0.6) is 0 Å². The van der Waals surface area contributed by atoms with Crippen molar-refractivity contribution >= 4 is 11.9 Å². The van der Waals surface area contributed by atoms with E-state index < -0.39 is 0 Å². The molecule has 0 amide bonds. The number of nitrogen functional groups attached to an aromatic ring is 1.